The van der Waals surface area contributed by atoms with E-state index in [4.69, 9.17) is 42.6 Å². The maximum atomic E-state index is 13.4. The largest absolute Gasteiger partial charge is 0.459 e. The van der Waals surface area contributed by atoms with E-state index in [-0.39, 0.29) is 16.7 Å². The predicted molar refractivity (Wildman–Crippen MR) is 180 cm³/mol. The van der Waals surface area contributed by atoms with Gasteiger partial charge in [0.2, 0.25) is 0 Å². The highest BCUT2D eigenvalue weighted by atomic mass is 16.8. The fourth-order valence-electron chi connectivity index (χ4n) is 5.77. The molecule has 9 atom stereocenters. The number of hydrogen-bond donors (Lipinski definition) is 1. The molecule has 0 radical (unpaired) electrons. The topological polar surface area (TPSA) is 206 Å². The fraction of sp³-hybridized carbons (Fsp3) is 0.368. The van der Waals surface area contributed by atoms with Gasteiger partial charge in [-0.1, -0.05) is 54.6 Å². The summed E-state index contributed by atoms with van der Waals surface area (Å²) in [5.41, 5.74) is 0.521. The number of rotatable bonds is 13. The number of benzene rings is 3. The van der Waals surface area contributed by atoms with Gasteiger partial charge in [-0.3, -0.25) is 14.4 Å². The molecular weight excluding hydrogens is 712 g/mol. The Balaban J connectivity index is 1.45. The maximum Gasteiger partial charge on any atom is 0.338 e. The lowest BCUT2D eigenvalue weighted by molar-refractivity contribution is -0.304. The van der Waals surface area contributed by atoms with Crippen molar-refractivity contribution in [2.24, 2.45) is 0 Å². The summed E-state index contributed by atoms with van der Waals surface area (Å²) in [5, 5.41) is 10.8. The maximum absolute atomic E-state index is 13.4. The Morgan fingerprint density at radius 3 is 1.41 bits per heavy atom. The van der Waals surface area contributed by atoms with Gasteiger partial charge in [-0.25, -0.2) is 14.4 Å². The number of aliphatic hydroxyl groups excluding tert-OH is 1. The lowest BCUT2D eigenvalue weighted by Gasteiger charge is -2.42. The average molecular weight is 751 g/mol. The van der Waals surface area contributed by atoms with Crippen molar-refractivity contribution < 1.29 is 76.5 Å². The minimum Gasteiger partial charge on any atom is -0.459 e. The molecular formula is C38H38O16. The molecule has 2 aliphatic rings. The molecule has 16 heteroatoms. The Bertz CT molecular complexity index is 1770. The van der Waals surface area contributed by atoms with Crippen molar-refractivity contribution in [1.29, 1.82) is 0 Å². The summed E-state index contributed by atoms with van der Waals surface area (Å²) in [5.74, 6) is -4.94. The lowest BCUT2D eigenvalue weighted by Crippen LogP contribution is -2.62. The monoisotopic (exact) mass is 750 g/mol. The van der Waals surface area contributed by atoms with Crippen molar-refractivity contribution >= 4 is 35.8 Å². The molecule has 2 fully saturated rings. The molecule has 16 nitrogen and oxygen atoms in total. The van der Waals surface area contributed by atoms with Crippen molar-refractivity contribution in [2.45, 2.75) is 76.1 Å². The summed E-state index contributed by atoms with van der Waals surface area (Å²) in [6, 6.07) is 23.9. The van der Waals surface area contributed by atoms with Crippen molar-refractivity contribution in [3.8, 4) is 0 Å². The third-order valence-corrected chi connectivity index (χ3v) is 8.10. The van der Waals surface area contributed by atoms with Crippen molar-refractivity contribution in [3.05, 3.63) is 108 Å². The van der Waals surface area contributed by atoms with E-state index in [0.717, 1.165) is 20.8 Å². The van der Waals surface area contributed by atoms with Gasteiger partial charge in [-0.2, -0.15) is 0 Å². The Morgan fingerprint density at radius 2 is 0.907 bits per heavy atom. The van der Waals surface area contributed by atoms with Crippen LogP contribution in [-0.2, 0) is 57.0 Å². The van der Waals surface area contributed by atoms with Crippen LogP contribution in [0.5, 0.6) is 0 Å². The molecule has 2 heterocycles. The van der Waals surface area contributed by atoms with Crippen LogP contribution in [-0.4, -0.2) is 109 Å². The summed E-state index contributed by atoms with van der Waals surface area (Å²) >= 11 is 0. The quantitative estimate of drug-likeness (QED) is 0.197. The third kappa shape index (κ3) is 10.3. The molecule has 0 spiro atoms. The molecule has 3 aromatic rings. The van der Waals surface area contributed by atoms with Gasteiger partial charge in [0.15, 0.2) is 43.1 Å². The van der Waals surface area contributed by atoms with E-state index in [1.807, 2.05) is 0 Å². The van der Waals surface area contributed by atoms with E-state index in [1.165, 1.54) is 36.4 Å². The van der Waals surface area contributed by atoms with Crippen LogP contribution >= 0.6 is 0 Å². The van der Waals surface area contributed by atoms with Crippen LogP contribution in [0.25, 0.3) is 0 Å². The molecule has 1 N–H and O–H groups in total. The SMILES string of the molecule is CC(=O)O[C@@H]1[C@@H](OC(C)=O)[C@H](CO[C@H]2O[C@@H](COC(=O)c3ccccc3)[C@@H](OC(=O)c3ccccc3)[C@H]2OC(=O)c2ccccc2)O[C@H](O)[C@@H]1OC(C)=O. The Hall–Kier alpha value is -5.68. The second kappa shape index (κ2) is 18.4. The summed E-state index contributed by atoms with van der Waals surface area (Å²) < 4.78 is 50.9. The Labute approximate surface area is 309 Å². The molecule has 0 bridgehead atoms. The first kappa shape index (κ1) is 39.5. The van der Waals surface area contributed by atoms with Gasteiger partial charge >= 0.3 is 35.8 Å². The molecule has 2 saturated heterocycles. The van der Waals surface area contributed by atoms with Crippen LogP contribution in [0.3, 0.4) is 0 Å². The Kier molecular flexibility index (Phi) is 13.5. The average Bonchev–Trinajstić information content (AvgIpc) is 3.47. The normalized spacial score (nSPS) is 26.1. The highest BCUT2D eigenvalue weighted by molar-refractivity contribution is 5.91. The summed E-state index contributed by atoms with van der Waals surface area (Å²) in [7, 11) is 0. The molecule has 54 heavy (non-hydrogen) atoms. The van der Waals surface area contributed by atoms with Crippen molar-refractivity contribution in [2.75, 3.05) is 13.2 Å². The number of carbonyl (C=O) groups is 6. The van der Waals surface area contributed by atoms with Gasteiger partial charge in [-0.05, 0) is 36.4 Å². The van der Waals surface area contributed by atoms with E-state index >= 15 is 0 Å². The van der Waals surface area contributed by atoms with E-state index in [1.54, 1.807) is 54.6 Å². The minimum absolute atomic E-state index is 0.137. The molecule has 2 aliphatic heterocycles. The number of hydrogen-bond acceptors (Lipinski definition) is 16. The lowest BCUT2D eigenvalue weighted by atomic mass is 9.98. The van der Waals surface area contributed by atoms with Gasteiger partial charge in [0.1, 0.15) is 18.8 Å². The molecule has 0 unspecified atom stereocenters. The molecule has 0 aromatic heterocycles. The summed E-state index contributed by atoms with van der Waals surface area (Å²) in [6.45, 7) is 2.09. The van der Waals surface area contributed by atoms with Crippen LogP contribution in [0.2, 0.25) is 0 Å². The molecule has 286 valence electrons. The molecule has 0 aliphatic carbocycles. The fourth-order valence-corrected chi connectivity index (χ4v) is 5.77. The van der Waals surface area contributed by atoms with Gasteiger partial charge in [0.25, 0.3) is 0 Å². The van der Waals surface area contributed by atoms with Crippen molar-refractivity contribution in [1.82, 2.24) is 0 Å². The minimum atomic E-state index is -1.89. The van der Waals surface area contributed by atoms with E-state index < -0.39 is 104 Å². The number of esters is 6. The molecule has 5 rings (SSSR count). The predicted octanol–water partition coefficient (Wildman–Crippen LogP) is 2.55. The first-order valence-corrected chi connectivity index (χ1v) is 16.8. The zero-order chi connectivity index (χ0) is 38.8. The van der Waals surface area contributed by atoms with Crippen molar-refractivity contribution in [3.63, 3.8) is 0 Å². The molecule has 0 saturated carbocycles. The van der Waals surface area contributed by atoms with Gasteiger partial charge in [0.05, 0.1) is 23.3 Å². The zero-order valence-electron chi connectivity index (χ0n) is 29.3. The van der Waals surface area contributed by atoms with Crippen LogP contribution in [0, 0.1) is 0 Å². The second-order valence-corrected chi connectivity index (χ2v) is 12.1. The smallest absolute Gasteiger partial charge is 0.338 e. The van der Waals surface area contributed by atoms with Crippen LogP contribution in [0.15, 0.2) is 91.0 Å². The molecule has 3 aromatic carbocycles. The van der Waals surface area contributed by atoms with E-state index in [9.17, 15) is 33.9 Å². The number of aliphatic hydroxyl groups is 1. The Morgan fingerprint density at radius 1 is 0.500 bits per heavy atom. The van der Waals surface area contributed by atoms with E-state index in [0.29, 0.717) is 0 Å². The first-order chi connectivity index (χ1) is 25.9. The van der Waals surface area contributed by atoms with Gasteiger partial charge in [-0.15, -0.1) is 0 Å². The first-order valence-electron chi connectivity index (χ1n) is 16.8. The zero-order valence-corrected chi connectivity index (χ0v) is 29.3. The van der Waals surface area contributed by atoms with E-state index in [2.05, 4.69) is 0 Å². The summed E-state index contributed by atoms with van der Waals surface area (Å²) in [6.07, 6.45) is -13.7. The van der Waals surface area contributed by atoms with Gasteiger partial charge < -0.3 is 47.7 Å². The second-order valence-electron chi connectivity index (χ2n) is 12.1. The molecule has 0 amide bonds. The van der Waals surface area contributed by atoms with Crippen LogP contribution in [0.1, 0.15) is 51.8 Å². The third-order valence-electron chi connectivity index (χ3n) is 8.10. The van der Waals surface area contributed by atoms with Crippen LogP contribution in [0.4, 0.5) is 0 Å². The van der Waals surface area contributed by atoms with Gasteiger partial charge in [0, 0.05) is 20.8 Å². The summed E-state index contributed by atoms with van der Waals surface area (Å²) in [4.78, 5) is 75.9. The standard InChI is InChI=1S/C38H38O16/c1-21(39)48-29-27(51-37(45)32(50-23(3)41)31(29)49-22(2)40)20-47-38-33(54-36(44)26-17-11-6-12-18-26)30(53-35(43)25-15-9-5-10-16-25)28(52-38)19-46-34(42)24-13-7-4-8-14-24/h4-18,27-33,37-38,45H,19-20H2,1-3H3/t27-,28-,29-,30+,31+,32+,33+,37-,38-/m0/s1. The van der Waals surface area contributed by atoms with Crippen LogP contribution < -0.4 is 0 Å². The number of carbonyl (C=O) groups excluding carboxylic acids is 6. The highest BCUT2D eigenvalue weighted by Gasteiger charge is 2.54. The highest BCUT2D eigenvalue weighted by Crippen LogP contribution is 2.33. The number of ether oxygens (including phenoxy) is 9.